The molecule has 1 aromatic carbocycles. The topological polar surface area (TPSA) is 47.6 Å². The third kappa shape index (κ3) is 5.50. The number of hydrogen-bond donors (Lipinski definition) is 1. The van der Waals surface area contributed by atoms with Crippen molar-refractivity contribution in [2.24, 2.45) is 5.92 Å². The quantitative estimate of drug-likeness (QED) is 0.731. The van der Waals surface area contributed by atoms with E-state index < -0.39 is 6.10 Å². The molecule has 0 bridgehead atoms. The molecule has 0 aromatic heterocycles. The summed E-state index contributed by atoms with van der Waals surface area (Å²) in [6.45, 7) is 4.25. The third-order valence-corrected chi connectivity index (χ3v) is 4.02. The average Bonchev–Trinajstić information content (AvgIpc) is 2.43. The van der Waals surface area contributed by atoms with Gasteiger partial charge in [0.05, 0.1) is 6.10 Å². The van der Waals surface area contributed by atoms with E-state index in [-0.39, 0.29) is 12.0 Å². The van der Waals surface area contributed by atoms with Crippen LogP contribution in [0, 0.1) is 5.92 Å². The first-order chi connectivity index (χ1) is 10.5. The predicted octanol–water partition coefficient (Wildman–Crippen LogP) is 4.12. The lowest BCUT2D eigenvalue weighted by Crippen LogP contribution is -2.41. The van der Waals surface area contributed by atoms with Crippen molar-refractivity contribution in [1.82, 2.24) is 5.48 Å². The van der Waals surface area contributed by atoms with E-state index in [4.69, 9.17) is 21.2 Å². The Morgan fingerprint density at radius 2 is 1.95 bits per heavy atom. The van der Waals surface area contributed by atoms with Crippen LogP contribution in [-0.4, -0.2) is 18.1 Å². The Balaban J connectivity index is 1.91. The molecule has 1 atom stereocenters. The first kappa shape index (κ1) is 17.1. The highest BCUT2D eigenvalue weighted by molar-refractivity contribution is 6.30. The Kier molecular flexibility index (Phi) is 6.52. The largest absolute Gasteiger partial charge is 0.481 e. The molecule has 22 heavy (non-hydrogen) atoms. The minimum absolute atomic E-state index is 0.158. The van der Waals surface area contributed by atoms with Crippen LogP contribution in [0.1, 0.15) is 46.0 Å². The second-order valence-electron chi connectivity index (χ2n) is 6.17. The molecule has 0 aliphatic heterocycles. The highest BCUT2D eigenvalue weighted by Gasteiger charge is 2.24. The number of nitrogens with one attached hydrogen (secondary N) is 1. The standard InChI is InChI=1S/C17H24ClNO3/c1-12(2)6-11-16(17(20)19-22-15-4-3-5-15)21-14-9-7-13(18)8-10-14/h7-10,12,15-16H,3-6,11H2,1-2H3,(H,19,20)/t16-/m0/s1. The van der Waals surface area contributed by atoms with Crippen LogP contribution in [0.25, 0.3) is 0 Å². The van der Waals surface area contributed by atoms with Gasteiger partial charge in [0, 0.05) is 5.02 Å². The van der Waals surface area contributed by atoms with Gasteiger partial charge in [0.2, 0.25) is 0 Å². The number of hydrogen-bond acceptors (Lipinski definition) is 3. The minimum atomic E-state index is -0.552. The van der Waals surface area contributed by atoms with Crippen LogP contribution in [0.4, 0.5) is 0 Å². The Labute approximate surface area is 137 Å². The van der Waals surface area contributed by atoms with Crippen molar-refractivity contribution in [1.29, 1.82) is 0 Å². The van der Waals surface area contributed by atoms with Crippen molar-refractivity contribution >= 4 is 17.5 Å². The van der Waals surface area contributed by atoms with E-state index in [9.17, 15) is 4.79 Å². The van der Waals surface area contributed by atoms with Gasteiger partial charge >= 0.3 is 0 Å². The molecule has 122 valence electrons. The zero-order valence-electron chi connectivity index (χ0n) is 13.2. The van der Waals surface area contributed by atoms with Crippen LogP contribution in [0.5, 0.6) is 5.75 Å². The van der Waals surface area contributed by atoms with Gasteiger partial charge in [0.25, 0.3) is 5.91 Å². The fourth-order valence-electron chi connectivity index (χ4n) is 2.10. The lowest BCUT2D eigenvalue weighted by Gasteiger charge is -2.26. The van der Waals surface area contributed by atoms with Crippen LogP contribution >= 0.6 is 11.6 Å². The van der Waals surface area contributed by atoms with E-state index >= 15 is 0 Å². The SMILES string of the molecule is CC(C)CC[C@H](Oc1ccc(Cl)cc1)C(=O)NOC1CCC1. The Bertz CT molecular complexity index is 471. The smallest absolute Gasteiger partial charge is 0.284 e. The first-order valence-electron chi connectivity index (χ1n) is 7.92. The molecule has 1 aromatic rings. The number of carbonyl (C=O) groups excluding carboxylic acids is 1. The van der Waals surface area contributed by atoms with Crippen LogP contribution in [0.15, 0.2) is 24.3 Å². The number of hydroxylamine groups is 1. The second-order valence-corrected chi connectivity index (χ2v) is 6.61. The fraction of sp³-hybridized carbons (Fsp3) is 0.588. The predicted molar refractivity (Wildman–Crippen MR) is 86.8 cm³/mol. The van der Waals surface area contributed by atoms with E-state index in [1.807, 2.05) is 0 Å². The molecule has 0 radical (unpaired) electrons. The number of halogens is 1. The highest BCUT2D eigenvalue weighted by Crippen LogP contribution is 2.22. The normalized spacial score (nSPS) is 16.2. The van der Waals surface area contributed by atoms with Gasteiger partial charge in [-0.15, -0.1) is 0 Å². The van der Waals surface area contributed by atoms with Gasteiger partial charge < -0.3 is 4.74 Å². The molecule has 1 aliphatic carbocycles. The van der Waals surface area contributed by atoms with Crippen LogP contribution < -0.4 is 10.2 Å². The third-order valence-electron chi connectivity index (χ3n) is 3.77. The van der Waals surface area contributed by atoms with E-state index in [1.54, 1.807) is 24.3 Å². The molecule has 2 rings (SSSR count). The summed E-state index contributed by atoms with van der Waals surface area (Å²) >= 11 is 5.87. The summed E-state index contributed by atoms with van der Waals surface area (Å²) in [4.78, 5) is 17.7. The Morgan fingerprint density at radius 1 is 1.27 bits per heavy atom. The summed E-state index contributed by atoms with van der Waals surface area (Å²) < 4.78 is 5.81. The molecule has 5 heteroatoms. The minimum Gasteiger partial charge on any atom is -0.481 e. The molecule has 4 nitrogen and oxygen atoms in total. The van der Waals surface area contributed by atoms with E-state index in [1.165, 1.54) is 6.42 Å². The van der Waals surface area contributed by atoms with Crippen LogP contribution in [0.2, 0.25) is 5.02 Å². The van der Waals surface area contributed by atoms with Gasteiger partial charge in [0.1, 0.15) is 5.75 Å². The maximum Gasteiger partial charge on any atom is 0.284 e. The van der Waals surface area contributed by atoms with Crippen molar-refractivity contribution in [3.8, 4) is 5.75 Å². The molecule has 0 unspecified atom stereocenters. The molecular weight excluding hydrogens is 302 g/mol. The summed E-state index contributed by atoms with van der Waals surface area (Å²) in [6.07, 6.45) is 4.35. The zero-order valence-corrected chi connectivity index (χ0v) is 13.9. The van der Waals surface area contributed by atoms with Gasteiger partial charge in [-0.3, -0.25) is 9.63 Å². The van der Waals surface area contributed by atoms with Gasteiger partial charge in [-0.1, -0.05) is 25.4 Å². The molecule has 0 heterocycles. The molecule has 1 amide bonds. The monoisotopic (exact) mass is 325 g/mol. The molecule has 1 fully saturated rings. The molecule has 1 N–H and O–H groups in total. The van der Waals surface area contributed by atoms with Gasteiger partial charge in [-0.2, -0.15) is 0 Å². The van der Waals surface area contributed by atoms with Crippen LogP contribution in [0.3, 0.4) is 0 Å². The number of benzene rings is 1. The molecular formula is C17H24ClNO3. The van der Waals surface area contributed by atoms with Crippen molar-refractivity contribution in [2.75, 3.05) is 0 Å². The summed E-state index contributed by atoms with van der Waals surface area (Å²) in [6, 6.07) is 7.04. The van der Waals surface area contributed by atoms with E-state index in [0.717, 1.165) is 19.3 Å². The maximum atomic E-state index is 12.3. The number of amides is 1. The number of rotatable bonds is 8. The van der Waals surface area contributed by atoms with E-state index in [2.05, 4.69) is 19.3 Å². The summed E-state index contributed by atoms with van der Waals surface area (Å²) in [5, 5.41) is 0.642. The van der Waals surface area contributed by atoms with Gasteiger partial charge in [-0.05, 0) is 62.3 Å². The van der Waals surface area contributed by atoms with Gasteiger partial charge in [-0.25, -0.2) is 5.48 Å². The Hall–Kier alpha value is -1.26. The van der Waals surface area contributed by atoms with Crippen molar-refractivity contribution in [3.63, 3.8) is 0 Å². The second kappa shape index (κ2) is 8.39. The Morgan fingerprint density at radius 3 is 2.50 bits per heavy atom. The van der Waals surface area contributed by atoms with Crippen molar-refractivity contribution in [3.05, 3.63) is 29.3 Å². The zero-order chi connectivity index (χ0) is 15.9. The maximum absolute atomic E-state index is 12.3. The van der Waals surface area contributed by atoms with Crippen LogP contribution in [-0.2, 0) is 9.63 Å². The average molecular weight is 326 g/mol. The lowest BCUT2D eigenvalue weighted by molar-refractivity contribution is -0.150. The first-order valence-corrected chi connectivity index (χ1v) is 8.30. The lowest BCUT2D eigenvalue weighted by atomic mass is 9.97. The van der Waals surface area contributed by atoms with E-state index in [0.29, 0.717) is 23.1 Å². The fourth-order valence-corrected chi connectivity index (χ4v) is 2.23. The highest BCUT2D eigenvalue weighted by atomic mass is 35.5. The number of ether oxygens (including phenoxy) is 1. The summed E-state index contributed by atoms with van der Waals surface area (Å²) in [7, 11) is 0. The van der Waals surface area contributed by atoms with Crippen molar-refractivity contribution in [2.45, 2.75) is 58.2 Å². The van der Waals surface area contributed by atoms with Gasteiger partial charge in [0.15, 0.2) is 6.10 Å². The molecule has 1 aliphatic rings. The number of carbonyl (C=O) groups is 1. The molecule has 0 spiro atoms. The summed E-state index contributed by atoms with van der Waals surface area (Å²) in [5.41, 5.74) is 2.55. The molecule has 1 saturated carbocycles. The summed E-state index contributed by atoms with van der Waals surface area (Å²) in [5.74, 6) is 0.927. The van der Waals surface area contributed by atoms with Crippen molar-refractivity contribution < 1.29 is 14.4 Å². The molecule has 0 saturated heterocycles.